The van der Waals surface area contributed by atoms with Crippen LogP contribution in [0.2, 0.25) is 5.02 Å². The topological polar surface area (TPSA) is 40.6 Å². The van der Waals surface area contributed by atoms with Crippen LogP contribution in [0.15, 0.2) is 35.2 Å². The molecule has 2 aliphatic rings. The summed E-state index contributed by atoms with van der Waals surface area (Å²) in [7, 11) is -3.45. The lowest BCUT2D eigenvalue weighted by molar-refractivity contribution is 0.161. The van der Waals surface area contributed by atoms with Gasteiger partial charge in [0.25, 0.3) is 0 Å². The number of benzene rings is 1. The van der Waals surface area contributed by atoms with Crippen LogP contribution < -0.4 is 0 Å². The molecule has 24 heavy (non-hydrogen) atoms. The van der Waals surface area contributed by atoms with Crippen molar-refractivity contribution < 1.29 is 8.42 Å². The number of halogens is 1. The van der Waals surface area contributed by atoms with Crippen LogP contribution >= 0.6 is 11.6 Å². The molecule has 132 valence electrons. The predicted molar refractivity (Wildman–Crippen MR) is 97.9 cm³/mol. The van der Waals surface area contributed by atoms with Crippen LogP contribution in [0, 0.1) is 12.8 Å². The lowest BCUT2D eigenvalue weighted by atomic mass is 9.94. The average molecular weight is 369 g/mol. The molecule has 1 aromatic rings. The Hall–Kier alpha value is -0.880. The first-order chi connectivity index (χ1) is 11.5. The minimum Gasteiger partial charge on any atom is -0.300 e. The fourth-order valence-corrected chi connectivity index (χ4v) is 5.12. The van der Waals surface area contributed by atoms with Crippen molar-refractivity contribution in [3.8, 4) is 0 Å². The van der Waals surface area contributed by atoms with Crippen LogP contribution in [-0.4, -0.2) is 50.3 Å². The summed E-state index contributed by atoms with van der Waals surface area (Å²) in [6.45, 7) is 5.66. The first kappa shape index (κ1) is 17.9. The summed E-state index contributed by atoms with van der Waals surface area (Å²) < 4.78 is 27.2. The molecule has 0 saturated carbocycles. The summed E-state index contributed by atoms with van der Waals surface area (Å²) in [5, 5.41) is 0.500. The smallest absolute Gasteiger partial charge is 0.243 e. The van der Waals surface area contributed by atoms with Gasteiger partial charge in [-0.05, 0) is 49.8 Å². The highest BCUT2D eigenvalue weighted by Gasteiger charge is 2.29. The number of allylic oxidation sites excluding steroid dienone is 2. The van der Waals surface area contributed by atoms with E-state index in [9.17, 15) is 8.42 Å². The van der Waals surface area contributed by atoms with Crippen molar-refractivity contribution in [3.05, 3.63) is 40.9 Å². The Morgan fingerprint density at radius 2 is 1.92 bits per heavy atom. The normalized spacial score (nSPS) is 23.5. The molecule has 3 rings (SSSR count). The number of nitrogens with zero attached hydrogens (tertiary/aromatic N) is 2. The summed E-state index contributed by atoms with van der Waals surface area (Å²) >= 11 is 6.09. The highest BCUT2D eigenvalue weighted by atomic mass is 35.5. The van der Waals surface area contributed by atoms with Gasteiger partial charge in [0.1, 0.15) is 0 Å². The third-order valence-electron chi connectivity index (χ3n) is 5.01. The Morgan fingerprint density at radius 3 is 2.54 bits per heavy atom. The molecule has 1 aromatic carbocycles. The second-order valence-electron chi connectivity index (χ2n) is 6.77. The van der Waals surface area contributed by atoms with Gasteiger partial charge in [0, 0.05) is 37.7 Å². The molecule has 1 fully saturated rings. The van der Waals surface area contributed by atoms with E-state index in [1.54, 1.807) is 22.5 Å². The van der Waals surface area contributed by atoms with Crippen molar-refractivity contribution in [2.75, 3.05) is 32.7 Å². The SMILES string of the molecule is Cc1ccc(S(=O)(=O)N2CCN(CC3CC=CCC3)CC2)cc1Cl. The Labute approximate surface area is 150 Å². The monoisotopic (exact) mass is 368 g/mol. The zero-order valence-electron chi connectivity index (χ0n) is 14.1. The largest absolute Gasteiger partial charge is 0.300 e. The lowest BCUT2D eigenvalue weighted by Crippen LogP contribution is -2.49. The van der Waals surface area contributed by atoms with E-state index in [0.717, 1.165) is 31.6 Å². The number of rotatable bonds is 4. The van der Waals surface area contributed by atoms with E-state index in [0.29, 0.717) is 28.9 Å². The molecule has 0 spiro atoms. The van der Waals surface area contributed by atoms with E-state index >= 15 is 0 Å². The van der Waals surface area contributed by atoms with E-state index in [-0.39, 0.29) is 0 Å². The molecular weight excluding hydrogens is 344 g/mol. The van der Waals surface area contributed by atoms with Crippen molar-refractivity contribution in [1.82, 2.24) is 9.21 Å². The van der Waals surface area contributed by atoms with Crippen LogP contribution in [0.4, 0.5) is 0 Å². The third kappa shape index (κ3) is 4.02. The van der Waals surface area contributed by atoms with E-state index in [1.807, 2.05) is 6.92 Å². The second-order valence-corrected chi connectivity index (χ2v) is 9.11. The fourth-order valence-electron chi connectivity index (χ4n) is 3.42. The number of hydrogen-bond donors (Lipinski definition) is 0. The molecule has 1 unspecified atom stereocenters. The Balaban J connectivity index is 1.60. The maximum Gasteiger partial charge on any atom is 0.243 e. The summed E-state index contributed by atoms with van der Waals surface area (Å²) in [6.07, 6.45) is 8.11. The van der Waals surface area contributed by atoms with Crippen LogP contribution in [0.3, 0.4) is 0 Å². The van der Waals surface area contributed by atoms with Crippen LogP contribution in [0.25, 0.3) is 0 Å². The second kappa shape index (κ2) is 7.56. The highest BCUT2D eigenvalue weighted by Crippen LogP contribution is 2.24. The van der Waals surface area contributed by atoms with E-state index < -0.39 is 10.0 Å². The summed E-state index contributed by atoms with van der Waals surface area (Å²) in [5.74, 6) is 0.717. The Kier molecular flexibility index (Phi) is 5.65. The van der Waals surface area contributed by atoms with Gasteiger partial charge < -0.3 is 4.90 Å². The van der Waals surface area contributed by atoms with Gasteiger partial charge >= 0.3 is 0 Å². The van der Waals surface area contributed by atoms with Crippen molar-refractivity contribution in [2.24, 2.45) is 5.92 Å². The van der Waals surface area contributed by atoms with Crippen molar-refractivity contribution >= 4 is 21.6 Å². The lowest BCUT2D eigenvalue weighted by Gasteiger charge is -2.36. The molecule has 0 N–H and O–H groups in total. The molecule has 0 radical (unpaired) electrons. The minimum atomic E-state index is -3.45. The molecule has 1 atom stereocenters. The van der Waals surface area contributed by atoms with Crippen molar-refractivity contribution in [2.45, 2.75) is 31.1 Å². The summed E-state index contributed by atoms with van der Waals surface area (Å²) in [6, 6.07) is 4.98. The van der Waals surface area contributed by atoms with Gasteiger partial charge in [0.15, 0.2) is 0 Å². The molecule has 0 amide bonds. The van der Waals surface area contributed by atoms with E-state index in [1.165, 1.54) is 12.8 Å². The quantitative estimate of drug-likeness (QED) is 0.765. The van der Waals surface area contributed by atoms with Crippen LogP contribution in [0.5, 0.6) is 0 Å². The highest BCUT2D eigenvalue weighted by molar-refractivity contribution is 7.89. The first-order valence-electron chi connectivity index (χ1n) is 8.60. The number of piperazine rings is 1. The molecule has 1 aliphatic heterocycles. The van der Waals surface area contributed by atoms with Gasteiger partial charge in [-0.15, -0.1) is 0 Å². The van der Waals surface area contributed by atoms with Gasteiger partial charge in [-0.2, -0.15) is 4.31 Å². The molecule has 4 nitrogen and oxygen atoms in total. The summed E-state index contributed by atoms with van der Waals surface area (Å²) in [5.41, 5.74) is 0.891. The standard InChI is InChI=1S/C18H25ClN2O2S/c1-15-7-8-17(13-18(15)19)24(22,23)21-11-9-20(10-12-21)14-16-5-3-2-4-6-16/h2-3,7-8,13,16H,4-6,9-12,14H2,1H3. The fraction of sp³-hybridized carbons (Fsp3) is 0.556. The first-order valence-corrected chi connectivity index (χ1v) is 10.4. The Bertz CT molecular complexity index is 710. The third-order valence-corrected chi connectivity index (χ3v) is 7.31. The molecule has 1 aliphatic carbocycles. The van der Waals surface area contributed by atoms with Gasteiger partial charge in [-0.3, -0.25) is 0 Å². The van der Waals surface area contributed by atoms with E-state index in [4.69, 9.17) is 11.6 Å². The number of hydrogen-bond acceptors (Lipinski definition) is 3. The average Bonchev–Trinajstić information content (AvgIpc) is 2.58. The zero-order valence-corrected chi connectivity index (χ0v) is 15.7. The zero-order chi connectivity index (χ0) is 17.2. The van der Waals surface area contributed by atoms with Gasteiger partial charge in [0.05, 0.1) is 4.90 Å². The minimum absolute atomic E-state index is 0.295. The van der Waals surface area contributed by atoms with Crippen LogP contribution in [-0.2, 0) is 10.0 Å². The maximum atomic E-state index is 12.8. The van der Waals surface area contributed by atoms with Gasteiger partial charge in [-0.25, -0.2) is 8.42 Å². The molecule has 1 heterocycles. The predicted octanol–water partition coefficient (Wildman–Crippen LogP) is 3.31. The van der Waals surface area contributed by atoms with Crippen molar-refractivity contribution in [1.29, 1.82) is 0 Å². The summed E-state index contributed by atoms with van der Waals surface area (Å²) in [4.78, 5) is 2.70. The molecule has 6 heteroatoms. The molecule has 0 bridgehead atoms. The maximum absolute atomic E-state index is 12.8. The number of sulfonamides is 1. The van der Waals surface area contributed by atoms with E-state index in [2.05, 4.69) is 17.1 Å². The number of aryl methyl sites for hydroxylation is 1. The molecular formula is C18H25ClN2O2S. The molecule has 1 saturated heterocycles. The van der Waals surface area contributed by atoms with Crippen LogP contribution in [0.1, 0.15) is 24.8 Å². The Morgan fingerprint density at radius 1 is 1.17 bits per heavy atom. The van der Waals surface area contributed by atoms with Gasteiger partial charge in [0.2, 0.25) is 10.0 Å². The van der Waals surface area contributed by atoms with Crippen molar-refractivity contribution in [3.63, 3.8) is 0 Å². The van der Waals surface area contributed by atoms with Gasteiger partial charge in [-0.1, -0.05) is 29.8 Å². The molecule has 0 aromatic heterocycles.